The van der Waals surface area contributed by atoms with Gasteiger partial charge in [0.25, 0.3) is 0 Å². The second-order valence-corrected chi connectivity index (χ2v) is 16.0. The van der Waals surface area contributed by atoms with E-state index < -0.39 is 0 Å². The van der Waals surface area contributed by atoms with Crippen LogP contribution in [0.3, 0.4) is 0 Å². The van der Waals surface area contributed by atoms with E-state index >= 15 is 0 Å². The van der Waals surface area contributed by atoms with E-state index in [0.717, 1.165) is 5.69 Å². The first kappa shape index (κ1) is 30.3. The van der Waals surface area contributed by atoms with E-state index in [2.05, 4.69) is 204 Å². The first-order valence-corrected chi connectivity index (χ1v) is 19.8. The Hall–Kier alpha value is -6.38. The third kappa shape index (κ3) is 4.86. The molecule has 0 atom stereocenters. The summed E-state index contributed by atoms with van der Waals surface area (Å²) in [5.41, 5.74) is 9.52. The molecule has 0 aliphatic carbocycles. The smallest absolute Gasteiger partial charge is 0.0602 e. The molecule has 0 amide bonds. The summed E-state index contributed by atoms with van der Waals surface area (Å²) in [5.74, 6) is 0. The van der Waals surface area contributed by atoms with Crippen LogP contribution in [0.2, 0.25) is 0 Å². The quantitative estimate of drug-likeness (QED) is 0.126. The van der Waals surface area contributed by atoms with Gasteiger partial charge in [-0.1, -0.05) is 36.4 Å². The van der Waals surface area contributed by atoms with E-state index in [1.165, 1.54) is 90.8 Å². The summed E-state index contributed by atoms with van der Waals surface area (Å²) in [6, 6.07) is 71.4. The minimum Gasteiger partial charge on any atom is -0.0602 e. The average Bonchev–Trinajstić information content (AvgIpc) is 3.77. The number of hydrogen-bond donors (Lipinski definition) is 0. The van der Waals surface area contributed by atoms with Crippen molar-refractivity contribution in [3.8, 4) is 16.8 Å². The molecule has 0 N–H and O–H groups in total. The van der Waals surface area contributed by atoms with Gasteiger partial charge in [-0.25, -0.2) is 0 Å². The number of anilines is 3. The molecule has 53 heavy (non-hydrogen) atoms. The standard InChI is InChI=1S/C50H32N2Se/c1-2-13-36(14-3-1)52-46-20-10-8-18-42(46)45-30-34(24-29-47(45)52)33-22-25-37(26-23-33)51(38-27-28-44-43-19-9-11-21-49(43)53-50(44)32-38)48-31-35-12-4-5-15-39(35)40-16-6-7-17-41(40)48/h1-32H. The van der Waals surface area contributed by atoms with Gasteiger partial charge < -0.3 is 4.57 Å². The summed E-state index contributed by atoms with van der Waals surface area (Å²) in [7, 11) is 0. The van der Waals surface area contributed by atoms with Crippen molar-refractivity contribution in [3.63, 3.8) is 0 Å². The maximum absolute atomic E-state index is 2.47. The van der Waals surface area contributed by atoms with Gasteiger partial charge >= 0.3 is 244 Å². The molecule has 0 saturated carbocycles. The van der Waals surface area contributed by atoms with Gasteiger partial charge in [-0.2, -0.15) is 0 Å². The number of para-hydroxylation sites is 2. The van der Waals surface area contributed by atoms with Crippen LogP contribution in [-0.4, -0.2) is 19.1 Å². The van der Waals surface area contributed by atoms with Crippen LogP contribution in [0.5, 0.6) is 0 Å². The zero-order valence-electron chi connectivity index (χ0n) is 28.8. The van der Waals surface area contributed by atoms with Crippen LogP contribution in [0.1, 0.15) is 0 Å². The minimum atomic E-state index is 0.269. The first-order chi connectivity index (χ1) is 26.3. The van der Waals surface area contributed by atoms with Crippen molar-refractivity contribution in [3.05, 3.63) is 194 Å². The molecular weight excluding hydrogens is 708 g/mol. The monoisotopic (exact) mass is 740 g/mol. The van der Waals surface area contributed by atoms with Gasteiger partial charge in [-0.05, 0) is 18.2 Å². The van der Waals surface area contributed by atoms with Gasteiger partial charge in [0.05, 0.1) is 5.52 Å². The van der Waals surface area contributed by atoms with Crippen LogP contribution in [0.4, 0.5) is 17.1 Å². The molecule has 9 aromatic carbocycles. The molecule has 2 aromatic heterocycles. The minimum absolute atomic E-state index is 0.269. The van der Waals surface area contributed by atoms with Crippen molar-refractivity contribution in [1.29, 1.82) is 0 Å². The van der Waals surface area contributed by atoms with E-state index in [0.29, 0.717) is 0 Å². The van der Waals surface area contributed by atoms with Crippen molar-refractivity contribution >= 4 is 94.2 Å². The number of rotatable bonds is 5. The Morgan fingerprint density at radius 2 is 0.981 bits per heavy atom. The molecule has 0 unspecified atom stereocenters. The summed E-state index contributed by atoms with van der Waals surface area (Å²) in [6.07, 6.45) is 0. The zero-order chi connectivity index (χ0) is 34.9. The van der Waals surface area contributed by atoms with Crippen molar-refractivity contribution in [1.82, 2.24) is 4.57 Å². The number of nitrogens with zero attached hydrogens (tertiary/aromatic N) is 2. The molecule has 0 fully saturated rings. The average molecular weight is 740 g/mol. The van der Waals surface area contributed by atoms with E-state index in [4.69, 9.17) is 0 Å². The van der Waals surface area contributed by atoms with Crippen LogP contribution in [0.25, 0.3) is 79.5 Å². The van der Waals surface area contributed by atoms with Gasteiger partial charge in [0, 0.05) is 5.69 Å². The van der Waals surface area contributed by atoms with Gasteiger partial charge in [-0.15, -0.1) is 0 Å². The molecule has 248 valence electrons. The second-order valence-electron chi connectivity index (χ2n) is 13.7. The Balaban J connectivity index is 1.08. The third-order valence-electron chi connectivity index (χ3n) is 10.8. The van der Waals surface area contributed by atoms with Crippen LogP contribution in [0, 0.1) is 0 Å². The number of aromatic nitrogens is 1. The Bertz CT molecular complexity index is 3170. The van der Waals surface area contributed by atoms with E-state index in [-0.39, 0.29) is 14.5 Å². The van der Waals surface area contributed by atoms with Crippen molar-refractivity contribution in [2.24, 2.45) is 0 Å². The Labute approximate surface area is 313 Å². The van der Waals surface area contributed by atoms with Crippen molar-refractivity contribution in [2.75, 3.05) is 4.90 Å². The third-order valence-corrected chi connectivity index (χ3v) is 13.1. The van der Waals surface area contributed by atoms with Crippen LogP contribution < -0.4 is 4.90 Å². The van der Waals surface area contributed by atoms with Gasteiger partial charge in [0.2, 0.25) is 0 Å². The molecule has 2 nitrogen and oxygen atoms in total. The summed E-state index contributed by atoms with van der Waals surface area (Å²) < 4.78 is 5.27. The summed E-state index contributed by atoms with van der Waals surface area (Å²) in [4.78, 5) is 2.47. The fourth-order valence-electron chi connectivity index (χ4n) is 8.31. The van der Waals surface area contributed by atoms with Crippen LogP contribution in [-0.2, 0) is 0 Å². The molecule has 0 aliphatic rings. The molecule has 0 aliphatic heterocycles. The number of fused-ring (bicyclic) bond motifs is 9. The maximum atomic E-state index is 2.47. The summed E-state index contributed by atoms with van der Waals surface area (Å²) in [6.45, 7) is 0. The molecule has 2 heterocycles. The molecule has 11 rings (SSSR count). The molecule has 0 bridgehead atoms. The fraction of sp³-hybridized carbons (Fsp3) is 0. The molecular formula is C50H32N2Se. The van der Waals surface area contributed by atoms with Crippen LogP contribution >= 0.6 is 0 Å². The predicted octanol–water partition coefficient (Wildman–Crippen LogP) is 13.6. The van der Waals surface area contributed by atoms with E-state index in [1.54, 1.807) is 0 Å². The number of hydrogen-bond acceptors (Lipinski definition) is 1. The second kappa shape index (κ2) is 12.1. The molecule has 0 saturated heterocycles. The topological polar surface area (TPSA) is 8.17 Å². The summed E-state index contributed by atoms with van der Waals surface area (Å²) >= 11 is 0.269. The molecule has 3 heteroatoms. The van der Waals surface area contributed by atoms with Gasteiger partial charge in [0.1, 0.15) is 0 Å². The number of benzene rings is 9. The molecule has 11 aromatic rings. The van der Waals surface area contributed by atoms with E-state index in [1.807, 2.05) is 0 Å². The normalized spacial score (nSPS) is 11.8. The Kier molecular flexibility index (Phi) is 6.91. The van der Waals surface area contributed by atoms with Gasteiger partial charge in [-0.3, -0.25) is 0 Å². The van der Waals surface area contributed by atoms with E-state index in [9.17, 15) is 0 Å². The molecule has 0 radical (unpaired) electrons. The zero-order valence-corrected chi connectivity index (χ0v) is 30.5. The van der Waals surface area contributed by atoms with Gasteiger partial charge in [0.15, 0.2) is 0 Å². The van der Waals surface area contributed by atoms with Crippen molar-refractivity contribution < 1.29 is 0 Å². The summed E-state index contributed by atoms with van der Waals surface area (Å²) in [5, 5.41) is 10.3. The molecule has 0 spiro atoms. The predicted molar refractivity (Wildman–Crippen MR) is 228 cm³/mol. The fourth-order valence-corrected chi connectivity index (χ4v) is 10.7. The Morgan fingerprint density at radius 1 is 0.358 bits per heavy atom. The first-order valence-electron chi connectivity index (χ1n) is 18.1. The Morgan fingerprint density at radius 3 is 1.83 bits per heavy atom. The van der Waals surface area contributed by atoms with Crippen molar-refractivity contribution in [2.45, 2.75) is 0 Å². The van der Waals surface area contributed by atoms with Crippen LogP contribution in [0.15, 0.2) is 194 Å². The SMILES string of the molecule is c1ccc(-n2c3ccccc3c3cc(-c4ccc(N(c5ccc6c(c5)[se]c5ccccc56)c5cc6ccccc6c6ccccc56)cc4)ccc32)cc1.